The van der Waals surface area contributed by atoms with Crippen LogP contribution in [0.5, 0.6) is 5.75 Å². The average molecular weight is 502 g/mol. The molecule has 1 N–H and O–H groups in total. The molecule has 1 aliphatic rings. The first-order valence-electron chi connectivity index (χ1n) is 11.9. The molecule has 8 nitrogen and oxygen atoms in total. The molecule has 1 saturated carbocycles. The third-order valence-electron chi connectivity index (χ3n) is 6.36. The van der Waals surface area contributed by atoms with E-state index in [0.29, 0.717) is 11.4 Å². The predicted octanol–water partition coefficient (Wildman–Crippen LogP) is 3.25. The van der Waals surface area contributed by atoms with Crippen molar-refractivity contribution in [3.63, 3.8) is 0 Å². The number of aryl methyl sites for hydroxylation is 1. The molecule has 0 saturated heterocycles. The van der Waals surface area contributed by atoms with Gasteiger partial charge >= 0.3 is 0 Å². The van der Waals surface area contributed by atoms with Crippen molar-refractivity contribution in [1.29, 1.82) is 0 Å². The van der Waals surface area contributed by atoms with Gasteiger partial charge in [-0.15, -0.1) is 0 Å². The Morgan fingerprint density at radius 1 is 1.11 bits per heavy atom. The van der Waals surface area contributed by atoms with Crippen LogP contribution in [0.4, 0.5) is 5.69 Å². The lowest BCUT2D eigenvalue weighted by atomic mass is 10.1. The van der Waals surface area contributed by atoms with Crippen molar-refractivity contribution in [1.82, 2.24) is 10.2 Å². The zero-order chi connectivity index (χ0) is 25.6. The molecule has 9 heteroatoms. The van der Waals surface area contributed by atoms with Crippen LogP contribution in [-0.2, 0) is 26.2 Å². The summed E-state index contributed by atoms with van der Waals surface area (Å²) in [6.45, 7) is 3.31. The second kappa shape index (κ2) is 11.6. The van der Waals surface area contributed by atoms with E-state index in [-0.39, 0.29) is 18.5 Å². The molecule has 1 atom stereocenters. The molecule has 3 rings (SSSR count). The normalized spacial score (nSPS) is 14.9. The molecule has 35 heavy (non-hydrogen) atoms. The Kier molecular flexibility index (Phi) is 8.77. The van der Waals surface area contributed by atoms with Gasteiger partial charge in [-0.2, -0.15) is 0 Å². The van der Waals surface area contributed by atoms with E-state index in [1.165, 1.54) is 4.90 Å². The van der Waals surface area contributed by atoms with Gasteiger partial charge in [-0.05, 0) is 56.5 Å². The van der Waals surface area contributed by atoms with E-state index >= 15 is 0 Å². The van der Waals surface area contributed by atoms with Crippen molar-refractivity contribution in [3.8, 4) is 5.75 Å². The lowest BCUT2D eigenvalue weighted by Gasteiger charge is -2.32. The molecule has 0 aliphatic heterocycles. The summed E-state index contributed by atoms with van der Waals surface area (Å²) < 4.78 is 31.6. The predicted molar refractivity (Wildman–Crippen MR) is 137 cm³/mol. The van der Waals surface area contributed by atoms with Crippen LogP contribution in [0.2, 0.25) is 0 Å². The van der Waals surface area contributed by atoms with Crippen molar-refractivity contribution in [2.75, 3.05) is 24.2 Å². The van der Waals surface area contributed by atoms with Gasteiger partial charge in [0.15, 0.2) is 0 Å². The van der Waals surface area contributed by atoms with E-state index in [1.807, 2.05) is 19.1 Å². The van der Waals surface area contributed by atoms with Crippen LogP contribution < -0.4 is 14.4 Å². The average Bonchev–Trinajstić information content (AvgIpc) is 3.33. The summed E-state index contributed by atoms with van der Waals surface area (Å²) in [5, 5.41) is 3.05. The van der Waals surface area contributed by atoms with Crippen LogP contribution in [0.15, 0.2) is 48.5 Å². The first kappa shape index (κ1) is 26.5. The Hall–Kier alpha value is -3.07. The van der Waals surface area contributed by atoms with E-state index in [4.69, 9.17) is 4.74 Å². The molecule has 2 aromatic carbocycles. The van der Waals surface area contributed by atoms with Gasteiger partial charge in [0, 0.05) is 12.6 Å². The molecular formula is C26H35N3O5S. The highest BCUT2D eigenvalue weighted by Crippen LogP contribution is 2.22. The lowest BCUT2D eigenvalue weighted by molar-refractivity contribution is -0.139. The zero-order valence-corrected chi connectivity index (χ0v) is 21.7. The quantitative estimate of drug-likeness (QED) is 0.539. The van der Waals surface area contributed by atoms with E-state index in [1.54, 1.807) is 50.4 Å². The highest BCUT2D eigenvalue weighted by atomic mass is 32.2. The number of benzene rings is 2. The standard InChI is InChI=1S/C26H35N3O5S/c1-19-12-14-23(15-13-19)29(35(4,32)33)18-25(30)28(17-21-8-7-11-24(16-21)34-3)20(2)26(31)27-22-9-5-6-10-22/h7-8,11-16,20,22H,5-6,9-10,17-18H2,1-4H3,(H,27,31). The van der Waals surface area contributed by atoms with Crippen LogP contribution in [0, 0.1) is 6.92 Å². The molecule has 0 spiro atoms. The molecule has 0 heterocycles. The molecule has 0 radical (unpaired) electrons. The number of methoxy groups -OCH3 is 1. The van der Waals surface area contributed by atoms with Crippen LogP contribution >= 0.6 is 0 Å². The van der Waals surface area contributed by atoms with Crippen molar-refractivity contribution in [3.05, 3.63) is 59.7 Å². The van der Waals surface area contributed by atoms with Gasteiger partial charge in [-0.25, -0.2) is 8.42 Å². The molecule has 0 bridgehead atoms. The number of rotatable bonds is 10. The summed E-state index contributed by atoms with van der Waals surface area (Å²) in [6, 6.07) is 13.5. The van der Waals surface area contributed by atoms with E-state index in [9.17, 15) is 18.0 Å². The molecule has 1 aliphatic carbocycles. The smallest absolute Gasteiger partial charge is 0.244 e. The topological polar surface area (TPSA) is 96.0 Å². The van der Waals surface area contributed by atoms with Crippen molar-refractivity contribution in [2.45, 2.75) is 58.2 Å². The van der Waals surface area contributed by atoms with Crippen LogP contribution in [0.25, 0.3) is 0 Å². The third-order valence-corrected chi connectivity index (χ3v) is 7.50. The fourth-order valence-corrected chi connectivity index (χ4v) is 5.12. The molecule has 1 fully saturated rings. The number of amides is 2. The minimum atomic E-state index is -3.74. The van der Waals surface area contributed by atoms with Gasteiger partial charge in [0.1, 0.15) is 18.3 Å². The van der Waals surface area contributed by atoms with E-state index < -0.39 is 28.5 Å². The van der Waals surface area contributed by atoms with Gasteiger partial charge < -0.3 is 15.0 Å². The third kappa shape index (κ3) is 7.21. The van der Waals surface area contributed by atoms with Crippen LogP contribution in [0.1, 0.15) is 43.7 Å². The summed E-state index contributed by atoms with van der Waals surface area (Å²) in [6.07, 6.45) is 5.08. The molecule has 2 amide bonds. The number of carbonyl (C=O) groups is 2. The highest BCUT2D eigenvalue weighted by Gasteiger charge is 2.31. The number of anilines is 1. The number of nitrogens with zero attached hydrogens (tertiary/aromatic N) is 2. The molecule has 190 valence electrons. The monoisotopic (exact) mass is 501 g/mol. The maximum atomic E-state index is 13.6. The van der Waals surface area contributed by atoms with Gasteiger partial charge in [0.2, 0.25) is 21.8 Å². The summed E-state index contributed by atoms with van der Waals surface area (Å²) in [5.74, 6) is -0.0716. The maximum absolute atomic E-state index is 13.6. The van der Waals surface area contributed by atoms with Gasteiger partial charge in [0.05, 0.1) is 19.1 Å². The van der Waals surface area contributed by atoms with Crippen LogP contribution in [-0.4, -0.2) is 57.1 Å². The largest absolute Gasteiger partial charge is 0.497 e. The van der Waals surface area contributed by atoms with Gasteiger partial charge in [-0.3, -0.25) is 13.9 Å². The first-order chi connectivity index (χ1) is 16.6. The summed E-state index contributed by atoms with van der Waals surface area (Å²) in [4.78, 5) is 28.1. The molecular weight excluding hydrogens is 466 g/mol. The minimum Gasteiger partial charge on any atom is -0.497 e. The van der Waals surface area contributed by atoms with Crippen molar-refractivity contribution >= 4 is 27.5 Å². The number of hydrogen-bond acceptors (Lipinski definition) is 5. The SMILES string of the molecule is COc1cccc(CN(C(=O)CN(c2ccc(C)cc2)S(C)(=O)=O)C(C)C(=O)NC2CCCC2)c1. The molecule has 2 aromatic rings. The fraction of sp³-hybridized carbons (Fsp3) is 0.462. The molecule has 0 aromatic heterocycles. The van der Waals surface area contributed by atoms with Crippen LogP contribution in [0.3, 0.4) is 0 Å². The Morgan fingerprint density at radius 2 is 1.77 bits per heavy atom. The van der Waals surface area contributed by atoms with E-state index in [0.717, 1.165) is 47.4 Å². The number of sulfonamides is 1. The second-order valence-electron chi connectivity index (χ2n) is 9.14. The number of hydrogen-bond donors (Lipinski definition) is 1. The van der Waals surface area contributed by atoms with E-state index in [2.05, 4.69) is 5.32 Å². The minimum absolute atomic E-state index is 0.110. The Bertz CT molecular complexity index is 1130. The van der Waals surface area contributed by atoms with Gasteiger partial charge in [0.25, 0.3) is 0 Å². The Labute approximate surface area is 208 Å². The number of carbonyl (C=O) groups excluding carboxylic acids is 2. The fourth-order valence-electron chi connectivity index (χ4n) is 4.27. The molecule has 1 unspecified atom stereocenters. The van der Waals surface area contributed by atoms with Crippen molar-refractivity contribution in [2.24, 2.45) is 0 Å². The summed E-state index contributed by atoms with van der Waals surface area (Å²) in [5.41, 5.74) is 2.15. The van der Waals surface area contributed by atoms with Crippen molar-refractivity contribution < 1.29 is 22.7 Å². The lowest BCUT2D eigenvalue weighted by Crippen LogP contribution is -2.52. The number of nitrogens with one attached hydrogen (secondary N) is 1. The summed E-state index contributed by atoms with van der Waals surface area (Å²) in [7, 11) is -2.18. The summed E-state index contributed by atoms with van der Waals surface area (Å²) >= 11 is 0. The second-order valence-corrected chi connectivity index (χ2v) is 11.1. The van der Waals surface area contributed by atoms with Gasteiger partial charge in [-0.1, -0.05) is 42.7 Å². The highest BCUT2D eigenvalue weighted by molar-refractivity contribution is 7.92. The Morgan fingerprint density at radius 3 is 2.37 bits per heavy atom. The maximum Gasteiger partial charge on any atom is 0.244 e. The first-order valence-corrected chi connectivity index (χ1v) is 13.7. The Balaban J connectivity index is 1.88. The zero-order valence-electron chi connectivity index (χ0n) is 20.9. The number of ether oxygens (including phenoxy) is 1.